The molecule has 0 aliphatic heterocycles. The van der Waals surface area contributed by atoms with Gasteiger partial charge in [-0.25, -0.2) is 0 Å². The minimum absolute atomic E-state index is 0.279. The lowest BCUT2D eigenvalue weighted by Crippen LogP contribution is -2.46. The van der Waals surface area contributed by atoms with Crippen LogP contribution in [0.4, 0.5) is 0 Å². The van der Waals surface area contributed by atoms with Crippen molar-refractivity contribution in [1.29, 1.82) is 0 Å². The SMILES string of the molecule is CCCCCCCCC/C=C\CCCCCCCCCC(=O)NC(CS(=O)(=O)O)C(O)/C=C/CCCCCCCCCCCCCCCCCCCCC. The van der Waals surface area contributed by atoms with Gasteiger partial charge in [0.25, 0.3) is 10.1 Å². The van der Waals surface area contributed by atoms with E-state index in [-0.39, 0.29) is 5.91 Å². The second kappa shape index (κ2) is 41.5. The summed E-state index contributed by atoms with van der Waals surface area (Å²) in [5, 5.41) is 13.3. The summed E-state index contributed by atoms with van der Waals surface area (Å²) in [6, 6.07) is -1.06. The number of allylic oxidation sites excluding steroid dienone is 3. The molecule has 7 heteroatoms. The Labute approximate surface area is 336 Å². The molecule has 0 aromatic heterocycles. The molecule has 1 amide bonds. The van der Waals surface area contributed by atoms with Crippen LogP contribution in [0.25, 0.3) is 0 Å². The molecule has 0 spiro atoms. The van der Waals surface area contributed by atoms with Gasteiger partial charge < -0.3 is 10.4 Å². The summed E-state index contributed by atoms with van der Waals surface area (Å²) in [7, 11) is -4.35. The Hall–Kier alpha value is -1.18. The molecule has 2 atom stereocenters. The average Bonchev–Trinajstić information content (AvgIpc) is 3.14. The molecule has 0 radical (unpaired) electrons. The lowest BCUT2D eigenvalue weighted by atomic mass is 10.0. The molecule has 0 aromatic carbocycles. The number of amides is 1. The second-order valence-corrected chi connectivity index (χ2v) is 17.9. The van der Waals surface area contributed by atoms with Crippen molar-refractivity contribution in [2.24, 2.45) is 0 Å². The molecule has 0 aliphatic rings. The van der Waals surface area contributed by atoms with Gasteiger partial charge in [0.1, 0.15) is 0 Å². The highest BCUT2D eigenvalue weighted by Gasteiger charge is 2.24. The molecule has 6 nitrogen and oxygen atoms in total. The van der Waals surface area contributed by atoms with Crippen LogP contribution in [0.5, 0.6) is 0 Å². The van der Waals surface area contributed by atoms with Gasteiger partial charge in [-0.3, -0.25) is 9.35 Å². The van der Waals surface area contributed by atoms with E-state index >= 15 is 0 Å². The summed E-state index contributed by atoms with van der Waals surface area (Å²) in [5.74, 6) is -0.976. The molecule has 0 saturated carbocycles. The number of aliphatic hydroxyl groups is 1. The van der Waals surface area contributed by atoms with Crippen LogP contribution in [0, 0.1) is 0 Å². The van der Waals surface area contributed by atoms with Crippen molar-refractivity contribution < 1.29 is 22.9 Å². The second-order valence-electron chi connectivity index (χ2n) is 16.4. The highest BCUT2D eigenvalue weighted by Crippen LogP contribution is 2.16. The van der Waals surface area contributed by atoms with Crippen molar-refractivity contribution >= 4 is 16.0 Å². The first kappa shape index (κ1) is 52.8. The molecule has 320 valence electrons. The van der Waals surface area contributed by atoms with Crippen LogP contribution in [-0.4, -0.2) is 41.9 Å². The van der Waals surface area contributed by atoms with E-state index in [0.717, 1.165) is 44.9 Å². The average molecular weight is 782 g/mol. The highest BCUT2D eigenvalue weighted by molar-refractivity contribution is 7.85. The highest BCUT2D eigenvalue weighted by atomic mass is 32.2. The van der Waals surface area contributed by atoms with Crippen molar-refractivity contribution in [3.05, 3.63) is 24.3 Å². The van der Waals surface area contributed by atoms with Gasteiger partial charge in [-0.2, -0.15) is 8.42 Å². The summed E-state index contributed by atoms with van der Waals surface area (Å²) in [5.41, 5.74) is 0. The number of nitrogens with one attached hydrogen (secondary N) is 1. The van der Waals surface area contributed by atoms with Gasteiger partial charge in [0.15, 0.2) is 0 Å². The molecule has 0 saturated heterocycles. The van der Waals surface area contributed by atoms with Crippen molar-refractivity contribution in [3.63, 3.8) is 0 Å². The maximum absolute atomic E-state index is 12.6. The summed E-state index contributed by atoms with van der Waals surface area (Å²) >= 11 is 0. The van der Waals surface area contributed by atoms with E-state index in [4.69, 9.17) is 0 Å². The van der Waals surface area contributed by atoms with Gasteiger partial charge in [-0.1, -0.05) is 224 Å². The Morgan fingerprint density at radius 2 is 0.778 bits per heavy atom. The number of aliphatic hydroxyl groups excluding tert-OH is 1. The quantitative estimate of drug-likeness (QED) is 0.0325. The van der Waals surface area contributed by atoms with E-state index < -0.39 is 28.0 Å². The third-order valence-corrected chi connectivity index (χ3v) is 11.7. The molecule has 0 bridgehead atoms. The number of rotatable bonds is 43. The smallest absolute Gasteiger partial charge is 0.267 e. The maximum Gasteiger partial charge on any atom is 0.267 e. The van der Waals surface area contributed by atoms with Crippen molar-refractivity contribution in [2.45, 2.75) is 264 Å². The van der Waals surface area contributed by atoms with Crippen molar-refractivity contribution in [2.75, 3.05) is 5.75 Å². The summed E-state index contributed by atoms with van der Waals surface area (Å²) < 4.78 is 32.6. The predicted molar refractivity (Wildman–Crippen MR) is 235 cm³/mol. The molecule has 0 rings (SSSR count). The molecular weight excluding hydrogens is 691 g/mol. The van der Waals surface area contributed by atoms with E-state index in [9.17, 15) is 22.9 Å². The van der Waals surface area contributed by atoms with Gasteiger partial charge in [0.05, 0.1) is 17.9 Å². The maximum atomic E-state index is 12.6. The van der Waals surface area contributed by atoms with Crippen LogP contribution in [-0.2, 0) is 14.9 Å². The minimum Gasteiger partial charge on any atom is -0.387 e. The van der Waals surface area contributed by atoms with Crippen LogP contribution >= 0.6 is 0 Å². The standard InChI is InChI=1S/C47H91NO5S/c1-3-5-7-9-11-13-15-17-19-21-23-24-25-26-28-30-32-34-36-38-40-42-46(49)45(44-54(51,52)53)48-47(50)43-41-39-37-35-33-31-29-27-22-20-18-16-14-12-10-8-6-4-2/h20,22,40,42,45-46,49H,3-19,21,23-39,41,43-44H2,1-2H3,(H,48,50)(H,51,52,53)/b22-20-,42-40+. The van der Waals surface area contributed by atoms with Gasteiger partial charge in [-0.05, 0) is 44.9 Å². The Bertz CT molecular complexity index is 950. The van der Waals surface area contributed by atoms with Gasteiger partial charge in [-0.15, -0.1) is 0 Å². The number of hydrogen-bond acceptors (Lipinski definition) is 4. The first-order valence-electron chi connectivity index (χ1n) is 23.5. The van der Waals surface area contributed by atoms with Crippen LogP contribution in [0.2, 0.25) is 0 Å². The largest absolute Gasteiger partial charge is 0.387 e. The summed E-state index contributed by atoms with van der Waals surface area (Å²) in [6.07, 6.45) is 53.1. The Kier molecular flexibility index (Phi) is 40.5. The lowest BCUT2D eigenvalue weighted by Gasteiger charge is -2.21. The van der Waals surface area contributed by atoms with Crippen LogP contribution in [0.15, 0.2) is 24.3 Å². The molecule has 0 aromatic rings. The fourth-order valence-electron chi connectivity index (χ4n) is 7.33. The zero-order valence-corrected chi connectivity index (χ0v) is 36.7. The van der Waals surface area contributed by atoms with Gasteiger partial charge >= 0.3 is 0 Å². The molecule has 2 unspecified atom stereocenters. The zero-order valence-electron chi connectivity index (χ0n) is 35.9. The number of hydrogen-bond donors (Lipinski definition) is 3. The third-order valence-electron chi connectivity index (χ3n) is 10.9. The number of carbonyl (C=O) groups excluding carboxylic acids is 1. The minimum atomic E-state index is -4.35. The molecule has 3 N–H and O–H groups in total. The van der Waals surface area contributed by atoms with Crippen LogP contribution in [0.1, 0.15) is 251 Å². The summed E-state index contributed by atoms with van der Waals surface area (Å²) in [4.78, 5) is 12.6. The molecule has 0 heterocycles. The Balaban J connectivity index is 3.83. The fourth-order valence-corrected chi connectivity index (χ4v) is 8.06. The van der Waals surface area contributed by atoms with E-state index in [2.05, 4.69) is 31.3 Å². The number of unbranched alkanes of at least 4 members (excludes halogenated alkanes) is 33. The van der Waals surface area contributed by atoms with E-state index in [0.29, 0.717) is 6.42 Å². The number of carbonyl (C=O) groups is 1. The summed E-state index contributed by atoms with van der Waals surface area (Å²) in [6.45, 7) is 4.54. The first-order chi connectivity index (χ1) is 26.3. The first-order valence-corrected chi connectivity index (χ1v) is 25.1. The van der Waals surface area contributed by atoms with Crippen LogP contribution < -0.4 is 5.32 Å². The molecule has 54 heavy (non-hydrogen) atoms. The van der Waals surface area contributed by atoms with Gasteiger partial charge in [0.2, 0.25) is 5.91 Å². The topological polar surface area (TPSA) is 104 Å². The lowest BCUT2D eigenvalue weighted by molar-refractivity contribution is -0.122. The normalized spacial score (nSPS) is 13.3. The van der Waals surface area contributed by atoms with E-state index in [1.54, 1.807) is 6.08 Å². The Morgan fingerprint density at radius 1 is 0.481 bits per heavy atom. The van der Waals surface area contributed by atoms with Crippen molar-refractivity contribution in [3.8, 4) is 0 Å². The molecule has 0 fully saturated rings. The molecule has 0 aliphatic carbocycles. The monoisotopic (exact) mass is 782 g/mol. The third kappa shape index (κ3) is 42.0. The predicted octanol–water partition coefficient (Wildman–Crippen LogP) is 14.3. The fraction of sp³-hybridized carbons (Fsp3) is 0.894. The van der Waals surface area contributed by atoms with Crippen LogP contribution in [0.3, 0.4) is 0 Å². The van der Waals surface area contributed by atoms with E-state index in [1.807, 2.05) is 6.08 Å². The van der Waals surface area contributed by atoms with Gasteiger partial charge in [0, 0.05) is 6.42 Å². The van der Waals surface area contributed by atoms with E-state index in [1.165, 1.54) is 186 Å². The van der Waals surface area contributed by atoms with Crippen molar-refractivity contribution in [1.82, 2.24) is 5.32 Å². The Morgan fingerprint density at radius 3 is 1.11 bits per heavy atom. The molecular formula is C47H91NO5S. The zero-order chi connectivity index (χ0) is 39.6.